The van der Waals surface area contributed by atoms with Gasteiger partial charge in [-0.05, 0) is 103 Å². The molecule has 62 heavy (non-hydrogen) atoms. The number of nitrogens with two attached hydrogens (primary N) is 1. The topological polar surface area (TPSA) is 267 Å². The minimum Gasteiger partial charge on any atom is -0.505 e. The molecule has 0 saturated heterocycles. The summed E-state index contributed by atoms with van der Waals surface area (Å²) in [4.78, 5) is 18.0. The van der Waals surface area contributed by atoms with Crippen LogP contribution in [0.25, 0.3) is 10.8 Å². The van der Waals surface area contributed by atoms with E-state index in [1.807, 2.05) is 0 Å². The molecule has 0 heterocycles. The highest BCUT2D eigenvalue weighted by molar-refractivity contribution is 7.94. The Morgan fingerprint density at radius 1 is 0.694 bits per heavy atom. The number of carbonyl (C=O) groups excluding carboxylic acids is 1. The number of nitrogens with one attached hydrogen (secondary N) is 1. The van der Waals surface area contributed by atoms with Gasteiger partial charge in [0.1, 0.15) is 34.2 Å². The lowest BCUT2D eigenvalue weighted by Crippen LogP contribution is -2.11. The van der Waals surface area contributed by atoms with Gasteiger partial charge in [-0.25, -0.2) is 15.5 Å². The van der Waals surface area contributed by atoms with Crippen molar-refractivity contribution in [3.63, 3.8) is 0 Å². The molecule has 0 aliphatic heterocycles. The molecule has 6 aromatic carbocycles. The zero-order valence-electron chi connectivity index (χ0n) is 32.9. The van der Waals surface area contributed by atoms with E-state index in [1.54, 1.807) is 104 Å². The SMILES string of the molecule is COC=Nc1cc(N=Nc2cc(OC)c(N=Nc3c(SOOO)cc4cc(NC(=O)c5ccc(N)cc5)ccc4c3O)cc2C)c(OC)cc1N=Nc1ccc(SOOO)cc1. The van der Waals surface area contributed by atoms with Crippen LogP contribution in [0.4, 0.5) is 51.2 Å². The number of nitrogens with zero attached hydrogens (tertiary/aromatic N) is 7. The Balaban J connectivity index is 1.27. The molecule has 0 aliphatic carbocycles. The fraction of sp³-hybridized carbons (Fsp3) is 0.100. The smallest absolute Gasteiger partial charge is 0.255 e. The number of aryl methyl sites for hydroxylation is 1. The lowest BCUT2D eigenvalue weighted by Gasteiger charge is -2.12. The van der Waals surface area contributed by atoms with Gasteiger partial charge in [0.2, 0.25) is 0 Å². The number of carbonyl (C=O) groups is 1. The Kier molecular flexibility index (Phi) is 15.4. The van der Waals surface area contributed by atoms with Crippen molar-refractivity contribution < 1.29 is 53.4 Å². The molecule has 0 unspecified atom stereocenters. The molecule has 22 heteroatoms. The van der Waals surface area contributed by atoms with E-state index >= 15 is 0 Å². The second kappa shape index (κ2) is 21.5. The Hall–Kier alpha value is -7.02. The third kappa shape index (κ3) is 11.2. The molecule has 6 aromatic rings. The number of aromatic hydroxyl groups is 1. The van der Waals surface area contributed by atoms with Gasteiger partial charge in [0.25, 0.3) is 5.91 Å². The molecule has 0 atom stereocenters. The number of hydrogen-bond donors (Lipinski definition) is 5. The van der Waals surface area contributed by atoms with Crippen LogP contribution in [0.3, 0.4) is 0 Å². The zero-order valence-corrected chi connectivity index (χ0v) is 34.6. The van der Waals surface area contributed by atoms with Gasteiger partial charge in [0.15, 0.2) is 12.2 Å². The number of anilines is 2. The first-order valence-corrected chi connectivity index (χ1v) is 19.2. The Labute approximate surface area is 360 Å². The molecular weight excluding hydrogens is 847 g/mol. The molecule has 1 amide bonds. The minimum atomic E-state index is -0.360. The van der Waals surface area contributed by atoms with E-state index < -0.39 is 0 Å². The summed E-state index contributed by atoms with van der Waals surface area (Å²) in [5, 5.41) is 66.0. The maximum absolute atomic E-state index is 12.8. The molecule has 20 nitrogen and oxygen atoms in total. The van der Waals surface area contributed by atoms with Gasteiger partial charge >= 0.3 is 0 Å². The first-order chi connectivity index (χ1) is 30.1. The summed E-state index contributed by atoms with van der Waals surface area (Å²) in [6, 6.07) is 26.2. The Morgan fingerprint density at radius 2 is 1.34 bits per heavy atom. The van der Waals surface area contributed by atoms with Crippen LogP contribution in [-0.4, -0.2) is 49.3 Å². The first-order valence-electron chi connectivity index (χ1n) is 17.7. The third-order valence-electron chi connectivity index (χ3n) is 8.50. The lowest BCUT2D eigenvalue weighted by atomic mass is 10.1. The van der Waals surface area contributed by atoms with Crippen LogP contribution in [0.15, 0.2) is 143 Å². The van der Waals surface area contributed by atoms with Crippen LogP contribution in [0, 0.1) is 6.92 Å². The van der Waals surface area contributed by atoms with Crippen molar-refractivity contribution >= 4 is 98.4 Å². The van der Waals surface area contributed by atoms with Crippen molar-refractivity contribution in [3.8, 4) is 17.2 Å². The average Bonchev–Trinajstić information content (AvgIpc) is 3.28. The first kappa shape index (κ1) is 44.5. The number of aliphatic imine (C=N–C) groups is 1. The molecule has 0 saturated carbocycles. The minimum absolute atomic E-state index is 0.0134. The van der Waals surface area contributed by atoms with Crippen molar-refractivity contribution in [2.24, 2.45) is 35.7 Å². The molecule has 318 valence electrons. The van der Waals surface area contributed by atoms with E-state index in [1.165, 1.54) is 27.7 Å². The molecule has 0 radical (unpaired) electrons. The van der Waals surface area contributed by atoms with Gasteiger partial charge in [-0.2, -0.15) is 10.2 Å². The number of benzene rings is 6. The summed E-state index contributed by atoms with van der Waals surface area (Å²) < 4.78 is 25.4. The highest BCUT2D eigenvalue weighted by atomic mass is 32.2. The summed E-state index contributed by atoms with van der Waals surface area (Å²) in [6.07, 6.45) is 1.23. The maximum atomic E-state index is 12.8. The summed E-state index contributed by atoms with van der Waals surface area (Å²) in [6.45, 7) is 1.78. The second-order valence-electron chi connectivity index (χ2n) is 12.4. The normalized spacial score (nSPS) is 11.7. The monoisotopic (exact) mass is 881 g/mol. The Morgan fingerprint density at radius 3 is 2.03 bits per heavy atom. The van der Waals surface area contributed by atoms with Crippen LogP contribution in [0.2, 0.25) is 0 Å². The fourth-order valence-corrected chi connectivity index (χ4v) is 6.37. The molecule has 0 aliphatic rings. The van der Waals surface area contributed by atoms with Crippen LogP contribution < -0.4 is 20.5 Å². The number of ether oxygens (including phenoxy) is 3. The summed E-state index contributed by atoms with van der Waals surface area (Å²) in [5.74, 6) is -0.0345. The zero-order chi connectivity index (χ0) is 44.0. The predicted octanol–water partition coefficient (Wildman–Crippen LogP) is 12.1. The Bertz CT molecular complexity index is 2670. The average molecular weight is 882 g/mol. The maximum Gasteiger partial charge on any atom is 0.255 e. The van der Waals surface area contributed by atoms with Gasteiger partial charge in [-0.1, -0.05) is 10.1 Å². The molecule has 0 fully saturated rings. The van der Waals surface area contributed by atoms with Crippen molar-refractivity contribution in [2.75, 3.05) is 32.4 Å². The van der Waals surface area contributed by atoms with E-state index in [0.717, 1.165) is 12.0 Å². The second-order valence-corrected chi connectivity index (χ2v) is 13.9. The fourth-order valence-electron chi connectivity index (χ4n) is 5.52. The lowest BCUT2D eigenvalue weighted by molar-refractivity contribution is -0.432. The number of fused-ring (bicyclic) bond motifs is 1. The quantitative estimate of drug-likeness (QED) is 0.0102. The molecule has 0 spiro atoms. The number of nitrogen functional groups attached to an aromatic ring is 1. The molecular formula is C40H35N9O11S2. The number of methoxy groups -OCH3 is 3. The van der Waals surface area contributed by atoms with E-state index in [9.17, 15) is 9.90 Å². The van der Waals surface area contributed by atoms with Crippen molar-refractivity contribution in [1.29, 1.82) is 0 Å². The molecule has 6 rings (SSSR count). The highest BCUT2D eigenvalue weighted by Gasteiger charge is 2.18. The predicted molar refractivity (Wildman–Crippen MR) is 231 cm³/mol. The van der Waals surface area contributed by atoms with E-state index in [-0.39, 0.29) is 33.7 Å². The summed E-state index contributed by atoms with van der Waals surface area (Å²) in [5.41, 5.74) is 9.96. The summed E-state index contributed by atoms with van der Waals surface area (Å²) in [7, 11) is 4.36. The van der Waals surface area contributed by atoms with Gasteiger partial charge in [-0.15, -0.1) is 29.1 Å². The molecule has 6 N–H and O–H groups in total. The molecule has 0 aromatic heterocycles. The van der Waals surface area contributed by atoms with Crippen molar-refractivity contribution in [1.82, 2.24) is 0 Å². The van der Waals surface area contributed by atoms with E-state index in [4.69, 9.17) is 34.8 Å². The van der Waals surface area contributed by atoms with E-state index in [2.05, 4.69) is 55.4 Å². The number of azo groups is 3. The summed E-state index contributed by atoms with van der Waals surface area (Å²) >= 11 is 1.38. The van der Waals surface area contributed by atoms with Crippen molar-refractivity contribution in [3.05, 3.63) is 108 Å². The van der Waals surface area contributed by atoms with Gasteiger partial charge in [-0.3, -0.25) is 4.79 Å². The third-order valence-corrected chi connectivity index (χ3v) is 9.71. The highest BCUT2D eigenvalue weighted by Crippen LogP contribution is 2.46. The van der Waals surface area contributed by atoms with Crippen LogP contribution in [-0.2, 0) is 23.5 Å². The van der Waals surface area contributed by atoms with Crippen LogP contribution >= 0.6 is 24.1 Å². The van der Waals surface area contributed by atoms with Gasteiger partial charge in [0, 0.05) is 39.4 Å². The van der Waals surface area contributed by atoms with Crippen molar-refractivity contribution in [2.45, 2.75) is 16.7 Å². The number of hydrogen-bond acceptors (Lipinski definition) is 21. The van der Waals surface area contributed by atoms with Crippen LogP contribution in [0.5, 0.6) is 17.2 Å². The number of rotatable bonds is 18. The van der Waals surface area contributed by atoms with E-state index in [0.29, 0.717) is 84.4 Å². The number of phenols is 1. The van der Waals surface area contributed by atoms with Gasteiger partial charge in [0.05, 0.1) is 67.4 Å². The standard InChI is InChI=1S/C40H35N9O11S2/c1-22-15-33(48-49-38-37(62-60-58-53)17-24-16-27(11-14-29(24)39(38)50)43-40(51)23-5-7-25(41)8-6-23)35(55-3)19-30(22)45-47-34-18-31(42-21-54-2)32(20-36(34)56-4)46-44-26-9-12-28(13-10-26)61-59-57-52/h5-21,50,52-53H,41H2,1-4H3,(H,43,51). The number of phenolic OH excluding ortho intramolecular Hbond substituents is 1. The number of amides is 1. The van der Waals surface area contributed by atoms with Crippen LogP contribution in [0.1, 0.15) is 15.9 Å². The molecule has 0 bridgehead atoms. The largest absolute Gasteiger partial charge is 0.505 e. The van der Waals surface area contributed by atoms with Gasteiger partial charge < -0.3 is 30.4 Å².